The zero-order valence-electron chi connectivity index (χ0n) is 12.6. The molecule has 0 atom stereocenters. The molecule has 5 nitrogen and oxygen atoms in total. The minimum absolute atomic E-state index is 0.0331. The molecule has 1 aliphatic rings. The van der Waals surface area contributed by atoms with Crippen molar-refractivity contribution in [3.63, 3.8) is 0 Å². The summed E-state index contributed by atoms with van der Waals surface area (Å²) in [5, 5.41) is 11.0. The summed E-state index contributed by atoms with van der Waals surface area (Å²) in [7, 11) is 0. The fourth-order valence-corrected chi connectivity index (χ4v) is 2.82. The summed E-state index contributed by atoms with van der Waals surface area (Å²) < 4.78 is 12.3. The van der Waals surface area contributed by atoms with Crippen LogP contribution >= 0.6 is 0 Å². The minimum atomic E-state index is -1.15. The lowest BCUT2D eigenvalue weighted by Gasteiger charge is -2.28. The average Bonchev–Trinajstić information content (AvgIpc) is 3.03. The topological polar surface area (TPSA) is 61.6 Å². The maximum absolute atomic E-state index is 11.0. The van der Waals surface area contributed by atoms with Crippen molar-refractivity contribution >= 4 is 5.69 Å². The highest BCUT2D eigenvalue weighted by Gasteiger charge is 2.45. The van der Waals surface area contributed by atoms with Gasteiger partial charge in [-0.2, -0.15) is 0 Å². The summed E-state index contributed by atoms with van der Waals surface area (Å²) in [4.78, 5) is 10.6. The van der Waals surface area contributed by atoms with Crippen molar-refractivity contribution in [1.82, 2.24) is 0 Å². The monoisotopic (exact) mass is 319 g/mol. The van der Waals surface area contributed by atoms with Gasteiger partial charge in [-0.15, -0.1) is 0 Å². The van der Waals surface area contributed by atoms with Crippen LogP contribution in [-0.4, -0.2) is 4.92 Å². The molecule has 0 unspecified atom stereocenters. The van der Waals surface area contributed by atoms with E-state index in [1.807, 2.05) is 60.7 Å². The van der Waals surface area contributed by atoms with Gasteiger partial charge in [-0.25, -0.2) is 0 Å². The highest BCUT2D eigenvalue weighted by molar-refractivity contribution is 5.53. The van der Waals surface area contributed by atoms with Gasteiger partial charge in [-0.1, -0.05) is 60.7 Å². The van der Waals surface area contributed by atoms with Gasteiger partial charge < -0.3 is 9.47 Å². The van der Waals surface area contributed by atoms with Crippen molar-refractivity contribution in [3.05, 3.63) is 100 Å². The Morgan fingerprint density at radius 3 is 1.83 bits per heavy atom. The first-order valence-electron chi connectivity index (χ1n) is 7.46. The molecule has 0 N–H and O–H groups in total. The lowest BCUT2D eigenvalue weighted by molar-refractivity contribution is -0.384. The van der Waals surface area contributed by atoms with Crippen molar-refractivity contribution in [2.24, 2.45) is 0 Å². The third-order valence-electron chi connectivity index (χ3n) is 3.95. The smallest absolute Gasteiger partial charge is 0.305 e. The van der Waals surface area contributed by atoms with Gasteiger partial charge in [0.2, 0.25) is 0 Å². The molecule has 0 saturated carbocycles. The van der Waals surface area contributed by atoms with E-state index < -0.39 is 10.7 Å². The molecule has 1 heterocycles. The molecular formula is C19H13NO4. The highest BCUT2D eigenvalue weighted by atomic mass is 16.7. The maximum Gasteiger partial charge on any atom is 0.305 e. The second-order valence-corrected chi connectivity index (χ2v) is 5.44. The van der Waals surface area contributed by atoms with Gasteiger partial charge in [0.25, 0.3) is 5.69 Å². The minimum Gasteiger partial charge on any atom is -0.440 e. The Kier molecular flexibility index (Phi) is 3.20. The first kappa shape index (κ1) is 14.3. The Morgan fingerprint density at radius 2 is 1.29 bits per heavy atom. The van der Waals surface area contributed by atoms with Gasteiger partial charge in [0.05, 0.1) is 11.0 Å². The van der Waals surface area contributed by atoms with Crippen LogP contribution in [0.1, 0.15) is 11.1 Å². The second kappa shape index (κ2) is 5.38. The van der Waals surface area contributed by atoms with Crippen molar-refractivity contribution in [2.45, 2.75) is 5.79 Å². The molecule has 1 aliphatic heterocycles. The number of fused-ring (bicyclic) bond motifs is 1. The summed E-state index contributed by atoms with van der Waals surface area (Å²) in [5.41, 5.74) is 1.60. The number of ether oxygens (including phenoxy) is 2. The molecule has 0 fully saturated rings. The van der Waals surface area contributed by atoms with Crippen LogP contribution in [0.4, 0.5) is 5.69 Å². The Balaban J connectivity index is 1.87. The van der Waals surface area contributed by atoms with E-state index in [0.29, 0.717) is 11.5 Å². The summed E-state index contributed by atoms with van der Waals surface area (Å²) in [6.07, 6.45) is 0. The zero-order valence-corrected chi connectivity index (χ0v) is 12.6. The molecule has 0 radical (unpaired) electrons. The highest BCUT2D eigenvalue weighted by Crippen LogP contribution is 2.48. The normalized spacial score (nSPS) is 14.3. The summed E-state index contributed by atoms with van der Waals surface area (Å²) in [6.45, 7) is 0. The maximum atomic E-state index is 11.0. The van der Waals surface area contributed by atoms with Crippen LogP contribution in [0.15, 0.2) is 78.9 Å². The number of nitro groups is 1. The molecule has 4 rings (SSSR count). The number of hydrogen-bond donors (Lipinski definition) is 0. The summed E-state index contributed by atoms with van der Waals surface area (Å²) in [6, 6.07) is 23.4. The largest absolute Gasteiger partial charge is 0.440 e. The van der Waals surface area contributed by atoms with Gasteiger partial charge in [-0.3, -0.25) is 10.1 Å². The number of non-ortho nitro benzene ring substituents is 1. The summed E-state index contributed by atoms with van der Waals surface area (Å²) in [5.74, 6) is -0.315. The average molecular weight is 319 g/mol. The first-order valence-corrected chi connectivity index (χ1v) is 7.46. The molecule has 3 aromatic rings. The van der Waals surface area contributed by atoms with Crippen LogP contribution < -0.4 is 9.47 Å². The van der Waals surface area contributed by atoms with E-state index in [1.165, 1.54) is 12.1 Å². The van der Waals surface area contributed by atoms with E-state index in [2.05, 4.69) is 0 Å². The van der Waals surface area contributed by atoms with Crippen LogP contribution in [0.3, 0.4) is 0 Å². The van der Waals surface area contributed by atoms with E-state index in [4.69, 9.17) is 9.47 Å². The van der Waals surface area contributed by atoms with Crippen LogP contribution in [-0.2, 0) is 5.79 Å². The van der Waals surface area contributed by atoms with Gasteiger partial charge >= 0.3 is 5.79 Å². The number of benzene rings is 3. The molecule has 0 bridgehead atoms. The fraction of sp³-hybridized carbons (Fsp3) is 0.0526. The molecule has 0 aliphatic carbocycles. The number of nitrogens with zero attached hydrogens (tertiary/aromatic N) is 1. The van der Waals surface area contributed by atoms with Crippen LogP contribution in [0.2, 0.25) is 0 Å². The first-order chi connectivity index (χ1) is 11.7. The third-order valence-corrected chi connectivity index (χ3v) is 3.95. The molecular weight excluding hydrogens is 306 g/mol. The van der Waals surface area contributed by atoms with Crippen molar-refractivity contribution < 1.29 is 14.4 Å². The van der Waals surface area contributed by atoms with Gasteiger partial charge in [0, 0.05) is 17.2 Å². The molecule has 0 saturated heterocycles. The standard InChI is InChI=1S/C19H13NO4/c21-20(22)16-11-12-17-18(13-16)24-19(23-17,14-7-3-1-4-8-14)15-9-5-2-6-10-15/h1-13H. The van der Waals surface area contributed by atoms with Crippen LogP contribution in [0, 0.1) is 10.1 Å². The Hall–Kier alpha value is -3.34. The van der Waals surface area contributed by atoms with Gasteiger partial charge in [-0.05, 0) is 6.07 Å². The number of rotatable bonds is 3. The Labute approximate surface area is 138 Å². The van der Waals surface area contributed by atoms with E-state index in [0.717, 1.165) is 11.1 Å². The summed E-state index contributed by atoms with van der Waals surface area (Å²) >= 11 is 0. The van der Waals surface area contributed by atoms with E-state index in [1.54, 1.807) is 6.07 Å². The predicted molar refractivity (Wildman–Crippen MR) is 88.0 cm³/mol. The number of nitro benzene ring substituents is 1. The lowest BCUT2D eigenvalue weighted by Crippen LogP contribution is -2.36. The molecule has 0 amide bonds. The predicted octanol–water partition coefficient (Wildman–Crippen LogP) is 4.27. The quantitative estimate of drug-likeness (QED) is 0.534. The van der Waals surface area contributed by atoms with Crippen LogP contribution in [0.5, 0.6) is 11.5 Å². The third kappa shape index (κ3) is 2.18. The van der Waals surface area contributed by atoms with E-state index in [9.17, 15) is 10.1 Å². The van der Waals surface area contributed by atoms with Crippen molar-refractivity contribution in [1.29, 1.82) is 0 Å². The number of hydrogen-bond acceptors (Lipinski definition) is 4. The van der Waals surface area contributed by atoms with Gasteiger partial charge in [0.1, 0.15) is 0 Å². The van der Waals surface area contributed by atoms with E-state index >= 15 is 0 Å². The molecule has 0 spiro atoms. The zero-order chi connectivity index (χ0) is 16.6. The lowest BCUT2D eigenvalue weighted by atomic mass is 9.97. The second-order valence-electron chi connectivity index (χ2n) is 5.44. The van der Waals surface area contributed by atoms with Crippen molar-refractivity contribution in [2.75, 3.05) is 0 Å². The SMILES string of the molecule is O=[N+]([O-])c1ccc2c(c1)OC(c1ccccc1)(c1ccccc1)O2. The molecule has 5 heteroatoms. The van der Waals surface area contributed by atoms with Crippen molar-refractivity contribution in [3.8, 4) is 11.5 Å². The molecule has 3 aromatic carbocycles. The Morgan fingerprint density at radius 1 is 0.750 bits per heavy atom. The molecule has 118 valence electrons. The molecule has 0 aromatic heterocycles. The Bertz CT molecular complexity index is 854. The fourth-order valence-electron chi connectivity index (χ4n) is 2.82. The van der Waals surface area contributed by atoms with Gasteiger partial charge in [0.15, 0.2) is 11.5 Å². The molecule has 24 heavy (non-hydrogen) atoms. The van der Waals surface area contributed by atoms with Crippen LogP contribution in [0.25, 0.3) is 0 Å². The van der Waals surface area contributed by atoms with E-state index in [-0.39, 0.29) is 5.69 Å².